The van der Waals surface area contributed by atoms with Gasteiger partial charge < -0.3 is 5.32 Å². The Labute approximate surface area is 80.3 Å². The van der Waals surface area contributed by atoms with Gasteiger partial charge in [-0.3, -0.25) is 0 Å². The van der Waals surface area contributed by atoms with E-state index in [1.54, 1.807) is 30.9 Å². The second-order valence-electron chi connectivity index (χ2n) is 2.63. The van der Waals surface area contributed by atoms with Crippen molar-refractivity contribution in [2.24, 2.45) is 0 Å². The standard InChI is InChI=1S/C10H7NO3/c1-11-10-3-2-7(4-12)8(5-13)9(10)6-14/h2-3,10-11H,1H3. The maximum absolute atomic E-state index is 10.6. The number of likely N-dealkylation sites (N-methyl/N-ethyl adjacent to an activating group) is 1. The molecule has 4 heteroatoms. The van der Waals surface area contributed by atoms with Crippen LogP contribution in [0.2, 0.25) is 0 Å². The Kier molecular flexibility index (Phi) is 3.14. The predicted octanol–water partition coefficient (Wildman–Crippen LogP) is -0.582. The molecule has 1 unspecified atom stereocenters. The van der Waals surface area contributed by atoms with Crippen LogP contribution in [0, 0.1) is 0 Å². The fraction of sp³-hybridized carbons (Fsp3) is 0.200. The van der Waals surface area contributed by atoms with Gasteiger partial charge >= 0.3 is 0 Å². The minimum absolute atomic E-state index is 0.0323. The van der Waals surface area contributed by atoms with E-state index in [4.69, 9.17) is 0 Å². The minimum Gasteiger partial charge on any atom is -0.309 e. The largest absolute Gasteiger partial charge is 0.309 e. The molecule has 1 aliphatic carbocycles. The Morgan fingerprint density at radius 2 is 1.93 bits per heavy atom. The topological polar surface area (TPSA) is 63.2 Å². The molecule has 0 bridgehead atoms. The summed E-state index contributed by atoms with van der Waals surface area (Å²) in [6.45, 7) is 0. The van der Waals surface area contributed by atoms with Crippen molar-refractivity contribution < 1.29 is 14.4 Å². The van der Waals surface area contributed by atoms with Crippen LogP contribution < -0.4 is 5.32 Å². The number of carbonyl (C=O) groups excluding carboxylic acids is 3. The van der Waals surface area contributed by atoms with Crippen LogP contribution in [0.1, 0.15) is 0 Å². The molecule has 0 fully saturated rings. The Morgan fingerprint density at radius 1 is 1.21 bits per heavy atom. The third-order valence-electron chi connectivity index (χ3n) is 1.94. The number of nitrogens with one attached hydrogen (secondary N) is 1. The van der Waals surface area contributed by atoms with E-state index >= 15 is 0 Å². The van der Waals surface area contributed by atoms with Crippen molar-refractivity contribution in [3.8, 4) is 0 Å². The van der Waals surface area contributed by atoms with Crippen LogP contribution in [0.4, 0.5) is 0 Å². The van der Waals surface area contributed by atoms with Crippen LogP contribution in [0.5, 0.6) is 0 Å². The SMILES string of the molecule is CNC1C=CC(=C=O)C(=C=O)C1=C=O. The highest BCUT2D eigenvalue weighted by Crippen LogP contribution is 2.22. The van der Waals surface area contributed by atoms with E-state index in [-0.39, 0.29) is 16.7 Å². The number of allylic oxidation sites excluding steroid dienone is 2. The molecule has 1 aliphatic rings. The summed E-state index contributed by atoms with van der Waals surface area (Å²) in [6, 6.07) is -0.402. The van der Waals surface area contributed by atoms with E-state index < -0.39 is 6.04 Å². The molecule has 0 aromatic rings. The normalized spacial score (nSPS) is 20.1. The maximum Gasteiger partial charge on any atom is 0.134 e. The maximum atomic E-state index is 10.6. The molecule has 1 atom stereocenters. The van der Waals surface area contributed by atoms with Gasteiger partial charge in [-0.25, -0.2) is 14.4 Å². The summed E-state index contributed by atoms with van der Waals surface area (Å²) in [4.78, 5) is 31.5. The zero-order chi connectivity index (χ0) is 10.6. The lowest BCUT2D eigenvalue weighted by molar-refractivity contribution is 0.560. The van der Waals surface area contributed by atoms with E-state index in [2.05, 4.69) is 5.32 Å². The van der Waals surface area contributed by atoms with Gasteiger partial charge in [0.2, 0.25) is 0 Å². The lowest BCUT2D eigenvalue weighted by atomic mass is 9.90. The third-order valence-corrected chi connectivity index (χ3v) is 1.94. The molecule has 14 heavy (non-hydrogen) atoms. The summed E-state index contributed by atoms with van der Waals surface area (Å²) in [5.41, 5.74) is 0.0463. The van der Waals surface area contributed by atoms with E-state index in [1.165, 1.54) is 6.08 Å². The van der Waals surface area contributed by atoms with Crippen LogP contribution in [-0.4, -0.2) is 30.9 Å². The van der Waals surface area contributed by atoms with Crippen LogP contribution >= 0.6 is 0 Å². The zero-order valence-electron chi connectivity index (χ0n) is 7.46. The lowest BCUT2D eigenvalue weighted by Crippen LogP contribution is -2.29. The molecule has 0 aliphatic heterocycles. The second kappa shape index (κ2) is 4.33. The molecule has 4 nitrogen and oxygen atoms in total. The van der Waals surface area contributed by atoms with Gasteiger partial charge in [0.05, 0.1) is 22.8 Å². The predicted molar refractivity (Wildman–Crippen MR) is 49.6 cm³/mol. The van der Waals surface area contributed by atoms with Crippen molar-refractivity contribution >= 4 is 17.8 Å². The van der Waals surface area contributed by atoms with Crippen LogP contribution in [-0.2, 0) is 14.4 Å². The first-order valence-electron chi connectivity index (χ1n) is 3.90. The fourth-order valence-electron chi connectivity index (χ4n) is 1.22. The van der Waals surface area contributed by atoms with Gasteiger partial charge in [0.15, 0.2) is 0 Å². The van der Waals surface area contributed by atoms with Gasteiger partial charge in [0.25, 0.3) is 0 Å². The number of hydrogen-bond donors (Lipinski definition) is 1. The van der Waals surface area contributed by atoms with E-state index in [0.29, 0.717) is 0 Å². The molecule has 0 aromatic carbocycles. The highest BCUT2D eigenvalue weighted by molar-refractivity contribution is 5.87. The first kappa shape index (κ1) is 10.1. The van der Waals surface area contributed by atoms with Gasteiger partial charge in [-0.15, -0.1) is 0 Å². The highest BCUT2D eigenvalue weighted by Gasteiger charge is 2.23. The van der Waals surface area contributed by atoms with Gasteiger partial charge in [-0.05, 0) is 13.1 Å². The summed E-state index contributed by atoms with van der Waals surface area (Å²) >= 11 is 0. The van der Waals surface area contributed by atoms with Gasteiger partial charge in [-0.1, -0.05) is 6.08 Å². The summed E-state index contributed by atoms with van der Waals surface area (Å²) in [5, 5.41) is 2.78. The van der Waals surface area contributed by atoms with Crippen LogP contribution in [0.15, 0.2) is 28.9 Å². The van der Waals surface area contributed by atoms with Gasteiger partial charge in [-0.2, -0.15) is 0 Å². The first-order valence-corrected chi connectivity index (χ1v) is 3.90. The average Bonchev–Trinajstić information content (AvgIpc) is 2.26. The molecule has 0 saturated carbocycles. The Balaban J connectivity index is 3.40. The molecule has 0 spiro atoms. The Morgan fingerprint density at radius 3 is 2.36 bits per heavy atom. The molecule has 0 radical (unpaired) electrons. The van der Waals surface area contributed by atoms with Crippen molar-refractivity contribution in [1.29, 1.82) is 0 Å². The van der Waals surface area contributed by atoms with Gasteiger partial charge in [0, 0.05) is 0 Å². The summed E-state index contributed by atoms with van der Waals surface area (Å²) in [5.74, 6) is 4.74. The average molecular weight is 189 g/mol. The molecular weight excluding hydrogens is 182 g/mol. The lowest BCUT2D eigenvalue weighted by Gasteiger charge is -2.17. The first-order chi connectivity index (χ1) is 6.78. The molecule has 0 aromatic heterocycles. The molecule has 0 heterocycles. The Hall–Kier alpha value is -1.95. The molecule has 0 saturated heterocycles. The van der Waals surface area contributed by atoms with Crippen molar-refractivity contribution in [3.63, 3.8) is 0 Å². The van der Waals surface area contributed by atoms with Gasteiger partial charge in [0.1, 0.15) is 17.8 Å². The van der Waals surface area contributed by atoms with Crippen molar-refractivity contribution in [3.05, 3.63) is 28.9 Å². The van der Waals surface area contributed by atoms with Crippen molar-refractivity contribution in [2.75, 3.05) is 7.05 Å². The zero-order valence-corrected chi connectivity index (χ0v) is 7.46. The van der Waals surface area contributed by atoms with Crippen molar-refractivity contribution in [1.82, 2.24) is 5.32 Å². The van der Waals surface area contributed by atoms with Crippen LogP contribution in [0.3, 0.4) is 0 Å². The van der Waals surface area contributed by atoms with Crippen molar-refractivity contribution in [2.45, 2.75) is 6.04 Å². The molecule has 1 rings (SSSR count). The summed E-state index contributed by atoms with van der Waals surface area (Å²) in [7, 11) is 1.63. The third kappa shape index (κ3) is 1.55. The van der Waals surface area contributed by atoms with Crippen LogP contribution in [0.25, 0.3) is 0 Å². The van der Waals surface area contributed by atoms with E-state index in [1.807, 2.05) is 0 Å². The van der Waals surface area contributed by atoms with E-state index in [0.717, 1.165) is 0 Å². The second-order valence-corrected chi connectivity index (χ2v) is 2.63. The molecular formula is C10H7NO3. The molecule has 70 valence electrons. The Bertz CT molecular complexity index is 428. The summed E-state index contributed by atoms with van der Waals surface area (Å²) in [6.07, 6.45) is 3.01. The quantitative estimate of drug-likeness (QED) is 0.560. The number of rotatable bonds is 1. The molecule has 0 amide bonds. The minimum atomic E-state index is -0.402. The van der Waals surface area contributed by atoms with E-state index in [9.17, 15) is 14.4 Å². The summed E-state index contributed by atoms with van der Waals surface area (Å²) < 4.78 is 0. The number of hydrogen-bond acceptors (Lipinski definition) is 4. The highest BCUT2D eigenvalue weighted by atomic mass is 16.1. The monoisotopic (exact) mass is 189 g/mol. The fourth-order valence-corrected chi connectivity index (χ4v) is 1.22. The molecule has 1 N–H and O–H groups in total. The smallest absolute Gasteiger partial charge is 0.134 e.